The number of benzene rings is 1. The Morgan fingerprint density at radius 3 is 2.09 bits per heavy atom. The van der Waals surface area contributed by atoms with E-state index in [4.69, 9.17) is 34.8 Å². The Labute approximate surface area is 527 Å². The smallest absolute Gasteiger partial charge is 0.303 e. The molecule has 0 fully saturated rings. The number of hydrogen-bond acceptors (Lipinski definition) is 23. The molecule has 1 unspecified atom stereocenters. The standard InChI is InChI=1S/C57H59N13O12S6/c1-27(2)43-57-69-46(36(88-57)22-82-5)50(80)59-21-39(72)66-47(48(78)29-12-7-6-8-13-29)56-64-35(25-85-56)54-62-33(23-84-54)45-30(52-63-34(24-83-52)49(79)61-32(20-38(71)58-4)55-68-44(28(3)87-55)51(81)67-43)17-18-31(60-45)53-65-37(26-86-53)70(19-11-16-42(76)77)40(73)14-9-10-15-41(74)75/h6-8,12-13,17-18,23-27,32,43,47-48,78H,9-11,14-16,19-22H2,1-5H3,(H,58,71)(H,59,80)(H,61,79)(H,66,72)(H,67,81)(H,74,75)(H,76,77)/t32-,43?,47-,48-/m0/s1. The number of hydrogen-bond donors (Lipinski definition) is 8. The van der Waals surface area contributed by atoms with Crippen molar-refractivity contribution in [1.82, 2.24) is 61.5 Å². The van der Waals surface area contributed by atoms with Gasteiger partial charge in [-0.2, -0.15) is 0 Å². The lowest BCUT2D eigenvalue weighted by Gasteiger charge is -2.23. The average Bonchev–Trinajstić information content (AvgIpc) is 2.63. The van der Waals surface area contributed by atoms with Gasteiger partial charge in [-0.1, -0.05) is 44.2 Å². The Kier molecular flexibility index (Phi) is 21.4. The number of aliphatic hydroxyl groups excluding tert-OH is 1. The maximum absolute atomic E-state index is 14.4. The van der Waals surface area contributed by atoms with Crippen molar-refractivity contribution in [1.29, 1.82) is 0 Å². The van der Waals surface area contributed by atoms with Crippen LogP contribution in [0.1, 0.15) is 145 Å². The fourth-order valence-corrected chi connectivity index (χ4v) is 14.7. The number of carboxylic acid groups (broad SMARTS) is 2. The summed E-state index contributed by atoms with van der Waals surface area (Å²) in [6.45, 7) is 4.93. The third-order valence-corrected chi connectivity index (χ3v) is 19.3. The number of carboxylic acids is 2. The van der Waals surface area contributed by atoms with Crippen molar-refractivity contribution in [3.8, 4) is 43.4 Å². The number of rotatable bonds is 18. The van der Waals surface area contributed by atoms with Gasteiger partial charge in [-0.25, -0.2) is 34.9 Å². The van der Waals surface area contributed by atoms with Gasteiger partial charge in [0.2, 0.25) is 17.7 Å². The summed E-state index contributed by atoms with van der Waals surface area (Å²) < 4.78 is 5.45. The SMILES string of the molecule is CNC(=O)C[C@@H]1NC(=O)c2csc(n2)-c2ccc(-c3nc(N(CCCC(=O)O)C(=O)CCCCC(=O)O)cs3)nc2-c2csc(n2)-c2csc(n2)[C@H]([C@@H](O)c2ccccc2)NC(=O)CNC(=O)c2nc(sc2COC)C(C(C)C)NC(=O)c2nc1sc2C. The number of carbonyl (C=O) groups excluding carboxylic acids is 6. The monoisotopic (exact) mass is 1310 g/mol. The van der Waals surface area contributed by atoms with Crippen LogP contribution in [-0.4, -0.2) is 125 Å². The zero-order chi connectivity index (χ0) is 62.8. The van der Waals surface area contributed by atoms with Gasteiger partial charge >= 0.3 is 11.9 Å². The molecule has 0 saturated carbocycles. The molecule has 1 aliphatic rings. The maximum Gasteiger partial charge on any atom is 0.303 e. The zero-order valence-corrected chi connectivity index (χ0v) is 52.8. The second-order valence-corrected chi connectivity index (χ2v) is 26.1. The predicted molar refractivity (Wildman–Crippen MR) is 332 cm³/mol. The highest BCUT2D eigenvalue weighted by Gasteiger charge is 2.33. The molecule has 88 heavy (non-hydrogen) atoms. The molecule has 460 valence electrons. The van der Waals surface area contributed by atoms with Crippen molar-refractivity contribution in [3.63, 3.8) is 0 Å². The third-order valence-electron chi connectivity index (χ3n) is 13.6. The van der Waals surface area contributed by atoms with E-state index in [1.165, 1.54) is 41.7 Å². The number of aliphatic carboxylic acids is 2. The van der Waals surface area contributed by atoms with Gasteiger partial charge in [0.1, 0.15) is 82.2 Å². The first-order chi connectivity index (χ1) is 42.3. The number of aryl methyl sites for hydroxylation is 1. The summed E-state index contributed by atoms with van der Waals surface area (Å²) in [5, 5.41) is 53.4. The first-order valence-corrected chi connectivity index (χ1v) is 32.6. The van der Waals surface area contributed by atoms with Crippen molar-refractivity contribution < 1.29 is 58.4 Å². The van der Waals surface area contributed by atoms with Crippen LogP contribution >= 0.6 is 68.0 Å². The molecule has 7 aromatic heterocycles. The lowest BCUT2D eigenvalue weighted by molar-refractivity contribution is -0.138. The highest BCUT2D eigenvalue weighted by atomic mass is 32.1. The summed E-state index contributed by atoms with van der Waals surface area (Å²) in [5.74, 6) is -5.38. The minimum Gasteiger partial charge on any atom is -0.481 e. The molecule has 10 bridgehead atoms. The van der Waals surface area contributed by atoms with Gasteiger partial charge < -0.3 is 46.6 Å². The van der Waals surface area contributed by atoms with Gasteiger partial charge in [0.15, 0.2) is 0 Å². The molecule has 8 N–H and O–H groups in total. The van der Waals surface area contributed by atoms with Crippen molar-refractivity contribution in [3.05, 3.63) is 111 Å². The lowest BCUT2D eigenvalue weighted by Crippen LogP contribution is -2.40. The molecule has 0 radical (unpaired) electrons. The van der Waals surface area contributed by atoms with E-state index in [2.05, 4.69) is 36.6 Å². The van der Waals surface area contributed by atoms with Crippen LogP contribution in [0.25, 0.3) is 43.4 Å². The van der Waals surface area contributed by atoms with Crippen LogP contribution in [0.2, 0.25) is 0 Å². The molecule has 8 aromatic rings. The van der Waals surface area contributed by atoms with Crippen LogP contribution in [0.15, 0.2) is 64.0 Å². The number of aromatic nitrogens is 7. The minimum atomic E-state index is -1.31. The van der Waals surface area contributed by atoms with Crippen LogP contribution < -0.4 is 31.5 Å². The fraction of sp³-hybridized carbons (Fsp3) is 0.351. The number of carbonyl (C=O) groups is 8. The number of nitrogens with one attached hydrogen (secondary N) is 5. The third kappa shape index (κ3) is 15.6. The molecule has 0 saturated heterocycles. The Balaban J connectivity index is 1.12. The molecular weight excluding hydrogens is 1250 g/mol. The quantitative estimate of drug-likeness (QED) is 0.0375. The van der Waals surface area contributed by atoms with E-state index in [1.54, 1.807) is 70.9 Å². The maximum atomic E-state index is 14.4. The summed E-state index contributed by atoms with van der Waals surface area (Å²) in [6.07, 6.45) is -1.15. The summed E-state index contributed by atoms with van der Waals surface area (Å²) in [7, 11) is 2.92. The fourth-order valence-electron chi connectivity index (χ4n) is 9.14. The second-order valence-electron chi connectivity index (χ2n) is 20.3. The summed E-state index contributed by atoms with van der Waals surface area (Å²) >= 11 is 7.00. The van der Waals surface area contributed by atoms with Gasteiger partial charge in [-0.05, 0) is 49.8 Å². The summed E-state index contributed by atoms with van der Waals surface area (Å²) in [4.78, 5) is 142. The van der Waals surface area contributed by atoms with E-state index >= 15 is 0 Å². The highest BCUT2D eigenvalue weighted by Crippen LogP contribution is 2.40. The minimum absolute atomic E-state index is 0.00950. The largest absolute Gasteiger partial charge is 0.481 e. The van der Waals surface area contributed by atoms with Gasteiger partial charge in [-0.15, -0.1) is 68.0 Å². The first kappa shape index (κ1) is 64.3. The number of nitrogens with zero attached hydrogens (tertiary/aromatic N) is 8. The number of ether oxygens (including phenoxy) is 1. The van der Waals surface area contributed by atoms with E-state index in [-0.39, 0.29) is 91.4 Å². The molecule has 0 spiro atoms. The molecular formula is C57H59N13O12S6. The molecule has 6 amide bonds. The Morgan fingerprint density at radius 2 is 1.35 bits per heavy atom. The van der Waals surface area contributed by atoms with Gasteiger partial charge in [-0.3, -0.25) is 43.3 Å². The van der Waals surface area contributed by atoms with Gasteiger partial charge in [0, 0.05) is 71.9 Å². The average molecular weight is 1310 g/mol. The number of anilines is 1. The predicted octanol–water partition coefficient (Wildman–Crippen LogP) is 8.15. The number of aliphatic hydroxyl groups is 1. The number of amides is 6. The Bertz CT molecular complexity index is 3870. The molecule has 25 nitrogen and oxygen atoms in total. The molecule has 4 atom stereocenters. The molecule has 0 aliphatic carbocycles. The van der Waals surface area contributed by atoms with E-state index in [0.29, 0.717) is 75.1 Å². The molecule has 9 rings (SSSR count). The Morgan fingerprint density at radius 1 is 0.670 bits per heavy atom. The van der Waals surface area contributed by atoms with Crippen molar-refractivity contribution in [2.45, 2.75) is 96.6 Å². The van der Waals surface area contributed by atoms with Crippen LogP contribution in [0.4, 0.5) is 5.82 Å². The number of unbranched alkanes of at least 4 members (excludes halogenated alkanes) is 1. The number of methoxy groups -OCH3 is 1. The van der Waals surface area contributed by atoms with E-state index in [0.717, 1.165) is 45.3 Å². The topological polar surface area (TPSA) is 360 Å². The number of fused-ring (bicyclic) bond motifs is 14. The van der Waals surface area contributed by atoms with Crippen molar-refractivity contribution >= 4 is 121 Å². The lowest BCUT2D eigenvalue weighted by atomic mass is 10.0. The zero-order valence-electron chi connectivity index (χ0n) is 47.9. The van der Waals surface area contributed by atoms with Crippen LogP contribution in [0.5, 0.6) is 0 Å². The van der Waals surface area contributed by atoms with E-state index < -0.39 is 72.2 Å². The summed E-state index contributed by atoms with van der Waals surface area (Å²) in [5.41, 5.74) is 2.36. The molecule has 1 aromatic carbocycles. The van der Waals surface area contributed by atoms with Crippen molar-refractivity contribution in [2.24, 2.45) is 5.92 Å². The summed E-state index contributed by atoms with van der Waals surface area (Å²) in [6, 6.07) is 9.26. The van der Waals surface area contributed by atoms with Gasteiger partial charge in [0.25, 0.3) is 17.7 Å². The molecule has 1 aliphatic heterocycles. The van der Waals surface area contributed by atoms with E-state index in [9.17, 15) is 48.6 Å². The van der Waals surface area contributed by atoms with E-state index in [1.807, 2.05) is 13.8 Å². The second kappa shape index (κ2) is 29.2. The molecule has 8 heterocycles. The van der Waals surface area contributed by atoms with Crippen molar-refractivity contribution in [2.75, 3.05) is 32.1 Å². The van der Waals surface area contributed by atoms with Gasteiger partial charge in [0.05, 0.1) is 42.2 Å². The molecule has 31 heteroatoms. The highest BCUT2D eigenvalue weighted by molar-refractivity contribution is 7.15. The normalized spacial score (nSPS) is 16.0. The van der Waals surface area contributed by atoms with Crippen LogP contribution in [-0.2, 0) is 35.3 Å². The number of pyridine rings is 1. The van der Waals surface area contributed by atoms with Crippen LogP contribution in [0.3, 0.4) is 0 Å². The number of thiazole rings is 6. The van der Waals surface area contributed by atoms with Crippen LogP contribution in [0, 0.1) is 12.8 Å². The first-order valence-electron chi connectivity index (χ1n) is 27.5. The Hall–Kier alpha value is -8.17.